The minimum Gasteiger partial charge on any atom is -0.378 e. The largest absolute Gasteiger partial charge is 0.378 e. The van der Waals surface area contributed by atoms with Gasteiger partial charge in [0.1, 0.15) is 0 Å². The van der Waals surface area contributed by atoms with Crippen LogP contribution in [-0.4, -0.2) is 36.1 Å². The SMILES string of the molecule is c1cnn(C2CNCCOC2)c1. The quantitative estimate of drug-likeness (QED) is 0.642. The lowest BCUT2D eigenvalue weighted by Gasteiger charge is -2.13. The minimum absolute atomic E-state index is 0.350. The Morgan fingerprint density at radius 3 is 3.42 bits per heavy atom. The molecule has 1 atom stereocenters. The first-order chi connectivity index (χ1) is 5.97. The fourth-order valence-corrected chi connectivity index (χ4v) is 1.36. The Hall–Kier alpha value is -0.870. The van der Waals surface area contributed by atoms with Gasteiger partial charge in [0.2, 0.25) is 0 Å². The Balaban J connectivity index is 2.02. The molecule has 2 rings (SSSR count). The van der Waals surface area contributed by atoms with Gasteiger partial charge in [0.05, 0.1) is 19.3 Å². The second-order valence-corrected chi connectivity index (χ2v) is 2.92. The predicted octanol–water partition coefficient (Wildman–Crippen LogP) is 0.0440. The van der Waals surface area contributed by atoms with Crippen molar-refractivity contribution in [3.8, 4) is 0 Å². The lowest BCUT2D eigenvalue weighted by atomic mass is 10.3. The van der Waals surface area contributed by atoms with E-state index < -0.39 is 0 Å². The summed E-state index contributed by atoms with van der Waals surface area (Å²) in [7, 11) is 0. The van der Waals surface area contributed by atoms with Crippen LogP contribution >= 0.6 is 0 Å². The molecule has 4 heteroatoms. The first-order valence-electron chi connectivity index (χ1n) is 4.24. The van der Waals surface area contributed by atoms with Gasteiger partial charge >= 0.3 is 0 Å². The molecule has 1 N–H and O–H groups in total. The summed E-state index contributed by atoms with van der Waals surface area (Å²) in [5, 5.41) is 7.48. The predicted molar refractivity (Wildman–Crippen MR) is 45.0 cm³/mol. The standard InChI is InChI=1S/C8H13N3O/c1-2-10-11(4-1)8-6-9-3-5-12-7-8/h1-2,4,8-9H,3,5-7H2. The van der Waals surface area contributed by atoms with E-state index in [1.165, 1.54) is 0 Å². The van der Waals surface area contributed by atoms with E-state index in [0.717, 1.165) is 26.3 Å². The van der Waals surface area contributed by atoms with E-state index in [9.17, 15) is 0 Å². The molecule has 1 aliphatic heterocycles. The molecule has 0 spiro atoms. The number of nitrogens with zero attached hydrogens (tertiary/aromatic N) is 2. The summed E-state index contributed by atoms with van der Waals surface area (Å²) < 4.78 is 7.35. The van der Waals surface area contributed by atoms with Crippen LogP contribution in [0.2, 0.25) is 0 Å². The number of rotatable bonds is 1. The van der Waals surface area contributed by atoms with Gasteiger partial charge in [0, 0.05) is 25.5 Å². The Morgan fingerprint density at radius 1 is 1.58 bits per heavy atom. The first kappa shape index (κ1) is 7.76. The lowest BCUT2D eigenvalue weighted by molar-refractivity contribution is 0.122. The molecule has 1 aromatic heterocycles. The topological polar surface area (TPSA) is 39.1 Å². The molecule has 2 heterocycles. The molecule has 1 aromatic rings. The zero-order valence-electron chi connectivity index (χ0n) is 6.94. The summed E-state index contributed by atoms with van der Waals surface area (Å²) in [6.07, 6.45) is 3.77. The third-order valence-corrected chi connectivity index (χ3v) is 2.01. The normalized spacial score (nSPS) is 25.2. The molecule has 0 aromatic carbocycles. The molecule has 1 saturated heterocycles. The van der Waals surface area contributed by atoms with Crippen LogP contribution in [0.3, 0.4) is 0 Å². The third kappa shape index (κ3) is 1.65. The molecule has 0 aliphatic carbocycles. The maximum Gasteiger partial charge on any atom is 0.0876 e. The molecule has 66 valence electrons. The molecular weight excluding hydrogens is 154 g/mol. The van der Waals surface area contributed by atoms with Gasteiger partial charge in [-0.05, 0) is 6.07 Å². The van der Waals surface area contributed by atoms with Gasteiger partial charge < -0.3 is 10.1 Å². The van der Waals surface area contributed by atoms with Gasteiger partial charge in [0.25, 0.3) is 0 Å². The van der Waals surface area contributed by atoms with Crippen molar-refractivity contribution in [2.75, 3.05) is 26.3 Å². The second-order valence-electron chi connectivity index (χ2n) is 2.92. The minimum atomic E-state index is 0.350. The van der Waals surface area contributed by atoms with Crippen LogP contribution in [-0.2, 0) is 4.74 Å². The van der Waals surface area contributed by atoms with E-state index in [1.807, 2.05) is 16.9 Å². The average Bonchev–Trinajstić information content (AvgIpc) is 2.48. The number of aromatic nitrogens is 2. The molecule has 1 unspecified atom stereocenters. The van der Waals surface area contributed by atoms with E-state index in [0.29, 0.717) is 6.04 Å². The molecule has 0 bridgehead atoms. The monoisotopic (exact) mass is 167 g/mol. The number of hydrogen-bond donors (Lipinski definition) is 1. The Kier molecular flexibility index (Phi) is 2.39. The van der Waals surface area contributed by atoms with E-state index in [2.05, 4.69) is 10.4 Å². The lowest BCUT2D eigenvalue weighted by Crippen LogP contribution is -2.25. The number of hydrogen-bond acceptors (Lipinski definition) is 3. The zero-order valence-corrected chi connectivity index (χ0v) is 6.94. The van der Waals surface area contributed by atoms with Gasteiger partial charge in [-0.3, -0.25) is 4.68 Å². The molecule has 0 saturated carbocycles. The summed E-state index contributed by atoms with van der Waals surface area (Å²) in [6.45, 7) is 3.45. The first-order valence-corrected chi connectivity index (χ1v) is 4.24. The summed E-state index contributed by atoms with van der Waals surface area (Å²) in [4.78, 5) is 0. The number of ether oxygens (including phenoxy) is 1. The van der Waals surface area contributed by atoms with E-state index in [1.54, 1.807) is 6.20 Å². The van der Waals surface area contributed by atoms with Gasteiger partial charge in [-0.25, -0.2) is 0 Å². The molecule has 4 nitrogen and oxygen atoms in total. The second kappa shape index (κ2) is 3.69. The highest BCUT2D eigenvalue weighted by molar-refractivity contribution is 4.83. The zero-order chi connectivity index (χ0) is 8.23. The maximum atomic E-state index is 5.41. The van der Waals surface area contributed by atoms with Crippen molar-refractivity contribution >= 4 is 0 Å². The third-order valence-electron chi connectivity index (χ3n) is 2.01. The molecule has 1 fully saturated rings. The van der Waals surface area contributed by atoms with Gasteiger partial charge in [-0.2, -0.15) is 5.10 Å². The van der Waals surface area contributed by atoms with Crippen LogP contribution in [0.15, 0.2) is 18.5 Å². The molecule has 12 heavy (non-hydrogen) atoms. The molecule has 0 radical (unpaired) electrons. The molecule has 0 amide bonds. The fraction of sp³-hybridized carbons (Fsp3) is 0.625. The van der Waals surface area contributed by atoms with Gasteiger partial charge in [-0.15, -0.1) is 0 Å². The summed E-state index contributed by atoms with van der Waals surface area (Å²) >= 11 is 0. The van der Waals surface area contributed by atoms with Crippen molar-refractivity contribution in [2.24, 2.45) is 0 Å². The van der Waals surface area contributed by atoms with Crippen molar-refractivity contribution in [3.63, 3.8) is 0 Å². The molecule has 1 aliphatic rings. The van der Waals surface area contributed by atoms with Crippen molar-refractivity contribution < 1.29 is 4.74 Å². The van der Waals surface area contributed by atoms with Crippen molar-refractivity contribution in [3.05, 3.63) is 18.5 Å². The summed E-state index contributed by atoms with van der Waals surface area (Å²) in [5.74, 6) is 0. The van der Waals surface area contributed by atoms with Crippen LogP contribution in [0, 0.1) is 0 Å². The molecular formula is C8H13N3O. The van der Waals surface area contributed by atoms with Crippen molar-refractivity contribution in [1.82, 2.24) is 15.1 Å². The average molecular weight is 167 g/mol. The Bertz CT molecular complexity index is 214. The Morgan fingerprint density at radius 2 is 2.58 bits per heavy atom. The van der Waals surface area contributed by atoms with E-state index in [-0.39, 0.29) is 0 Å². The van der Waals surface area contributed by atoms with E-state index >= 15 is 0 Å². The van der Waals surface area contributed by atoms with Gasteiger partial charge in [-0.1, -0.05) is 0 Å². The van der Waals surface area contributed by atoms with Crippen LogP contribution < -0.4 is 5.32 Å². The maximum absolute atomic E-state index is 5.41. The highest BCUT2D eigenvalue weighted by Crippen LogP contribution is 2.05. The van der Waals surface area contributed by atoms with Crippen LogP contribution in [0.4, 0.5) is 0 Å². The van der Waals surface area contributed by atoms with Crippen LogP contribution in [0.5, 0.6) is 0 Å². The highest BCUT2D eigenvalue weighted by atomic mass is 16.5. The van der Waals surface area contributed by atoms with Crippen molar-refractivity contribution in [1.29, 1.82) is 0 Å². The van der Waals surface area contributed by atoms with Crippen LogP contribution in [0.1, 0.15) is 6.04 Å². The summed E-state index contributed by atoms with van der Waals surface area (Å²) in [6, 6.07) is 2.28. The number of nitrogens with one attached hydrogen (secondary N) is 1. The van der Waals surface area contributed by atoms with Crippen LogP contribution in [0.25, 0.3) is 0 Å². The summed E-state index contributed by atoms with van der Waals surface area (Å²) in [5.41, 5.74) is 0. The highest BCUT2D eigenvalue weighted by Gasteiger charge is 2.13. The fourth-order valence-electron chi connectivity index (χ4n) is 1.36. The van der Waals surface area contributed by atoms with Crippen molar-refractivity contribution in [2.45, 2.75) is 6.04 Å². The smallest absolute Gasteiger partial charge is 0.0876 e. The van der Waals surface area contributed by atoms with Gasteiger partial charge in [0.15, 0.2) is 0 Å². The van der Waals surface area contributed by atoms with E-state index in [4.69, 9.17) is 4.74 Å². The Labute approximate surface area is 71.5 Å².